The molecule has 0 unspecified atom stereocenters. The molecule has 1 aliphatic rings. The van der Waals surface area contributed by atoms with Gasteiger partial charge in [-0.1, -0.05) is 59.6 Å². The molecule has 1 atom stereocenters. The zero-order chi connectivity index (χ0) is 19.2. The molecule has 27 heavy (non-hydrogen) atoms. The van der Waals surface area contributed by atoms with Crippen molar-refractivity contribution in [1.29, 1.82) is 0 Å². The van der Waals surface area contributed by atoms with E-state index in [-0.39, 0.29) is 11.9 Å². The van der Waals surface area contributed by atoms with E-state index in [0.717, 1.165) is 43.9 Å². The minimum absolute atomic E-state index is 0.0204. The van der Waals surface area contributed by atoms with Crippen LogP contribution in [0.1, 0.15) is 24.1 Å². The van der Waals surface area contributed by atoms with Crippen LogP contribution in [0, 0.1) is 0 Å². The number of amides is 1. The van der Waals surface area contributed by atoms with Crippen LogP contribution >= 0.6 is 23.2 Å². The lowest BCUT2D eigenvalue weighted by Gasteiger charge is -2.34. The van der Waals surface area contributed by atoms with Gasteiger partial charge in [0.2, 0.25) is 5.91 Å². The second kappa shape index (κ2) is 9.56. The van der Waals surface area contributed by atoms with Gasteiger partial charge in [0.1, 0.15) is 0 Å². The maximum absolute atomic E-state index is 12.3. The third kappa shape index (κ3) is 5.94. The minimum Gasteiger partial charge on any atom is -0.348 e. The summed E-state index contributed by atoms with van der Waals surface area (Å²) >= 11 is 12.2. The van der Waals surface area contributed by atoms with Gasteiger partial charge in [0.05, 0.1) is 12.6 Å². The van der Waals surface area contributed by atoms with Gasteiger partial charge in [-0.15, -0.1) is 0 Å². The summed E-state index contributed by atoms with van der Waals surface area (Å²) in [6.45, 7) is 6.84. The Labute approximate surface area is 171 Å². The number of nitrogens with one attached hydrogen (secondary N) is 1. The summed E-state index contributed by atoms with van der Waals surface area (Å²) in [5, 5.41) is 4.45. The average Bonchev–Trinajstić information content (AvgIpc) is 2.66. The van der Waals surface area contributed by atoms with E-state index in [0.29, 0.717) is 16.6 Å². The van der Waals surface area contributed by atoms with Crippen LogP contribution in [0.4, 0.5) is 0 Å². The third-order valence-corrected chi connectivity index (χ3v) is 5.51. The number of hydrogen-bond donors (Lipinski definition) is 1. The van der Waals surface area contributed by atoms with Gasteiger partial charge in [0, 0.05) is 42.8 Å². The van der Waals surface area contributed by atoms with E-state index in [2.05, 4.69) is 15.1 Å². The molecular formula is C21H25Cl2N3O. The van der Waals surface area contributed by atoms with Crippen molar-refractivity contribution in [2.45, 2.75) is 19.5 Å². The molecule has 1 saturated heterocycles. The van der Waals surface area contributed by atoms with Gasteiger partial charge in [-0.3, -0.25) is 14.6 Å². The van der Waals surface area contributed by atoms with E-state index in [4.69, 9.17) is 23.2 Å². The summed E-state index contributed by atoms with van der Waals surface area (Å²) in [7, 11) is 0. The van der Waals surface area contributed by atoms with Crippen LogP contribution in [0.15, 0.2) is 48.5 Å². The first-order valence-electron chi connectivity index (χ1n) is 9.24. The van der Waals surface area contributed by atoms with Gasteiger partial charge < -0.3 is 5.32 Å². The summed E-state index contributed by atoms with van der Waals surface area (Å²) in [4.78, 5) is 16.9. The minimum atomic E-state index is 0.0204. The van der Waals surface area contributed by atoms with Gasteiger partial charge >= 0.3 is 0 Å². The lowest BCUT2D eigenvalue weighted by Crippen LogP contribution is -2.49. The maximum Gasteiger partial charge on any atom is 0.234 e. The number of carbonyl (C=O) groups excluding carboxylic acids is 1. The zero-order valence-corrected chi connectivity index (χ0v) is 17.0. The SMILES string of the molecule is C[C@@H](NC(=O)CN1CCN(Cc2ccc(Cl)cc2Cl)CC1)c1ccccc1. The highest BCUT2D eigenvalue weighted by Crippen LogP contribution is 2.22. The van der Waals surface area contributed by atoms with Gasteiger partial charge in [-0.05, 0) is 30.2 Å². The standard InChI is InChI=1S/C21H25Cl2N3O/c1-16(17-5-3-2-4-6-17)24-21(27)15-26-11-9-25(10-12-26)14-18-7-8-19(22)13-20(18)23/h2-8,13,16H,9-12,14-15H2,1H3,(H,24,27)/t16-/m1/s1. The predicted molar refractivity (Wildman–Crippen MR) is 111 cm³/mol. The van der Waals surface area contributed by atoms with Crippen LogP contribution < -0.4 is 5.32 Å². The monoisotopic (exact) mass is 405 g/mol. The third-order valence-electron chi connectivity index (χ3n) is 4.92. The van der Waals surface area contributed by atoms with Crippen LogP contribution in [-0.2, 0) is 11.3 Å². The second-order valence-electron chi connectivity index (χ2n) is 6.99. The molecule has 0 aromatic heterocycles. The summed E-state index contributed by atoms with van der Waals surface area (Å²) in [6.07, 6.45) is 0. The Kier molecular flexibility index (Phi) is 7.13. The highest BCUT2D eigenvalue weighted by atomic mass is 35.5. The van der Waals surface area contributed by atoms with E-state index in [1.807, 2.05) is 49.4 Å². The van der Waals surface area contributed by atoms with E-state index in [1.165, 1.54) is 0 Å². The molecule has 0 bridgehead atoms. The zero-order valence-electron chi connectivity index (χ0n) is 15.5. The van der Waals surface area contributed by atoms with Crippen molar-refractivity contribution in [1.82, 2.24) is 15.1 Å². The number of nitrogens with zero attached hydrogens (tertiary/aromatic N) is 2. The number of benzene rings is 2. The van der Waals surface area contributed by atoms with E-state index >= 15 is 0 Å². The normalized spacial score (nSPS) is 16.9. The fourth-order valence-corrected chi connectivity index (χ4v) is 3.78. The van der Waals surface area contributed by atoms with Crippen molar-refractivity contribution >= 4 is 29.1 Å². The number of rotatable bonds is 6. The van der Waals surface area contributed by atoms with Gasteiger partial charge in [-0.2, -0.15) is 0 Å². The first-order chi connectivity index (χ1) is 13.0. The summed E-state index contributed by atoms with van der Waals surface area (Å²) < 4.78 is 0. The van der Waals surface area contributed by atoms with Crippen molar-refractivity contribution in [3.63, 3.8) is 0 Å². The molecular weight excluding hydrogens is 381 g/mol. The quantitative estimate of drug-likeness (QED) is 0.788. The highest BCUT2D eigenvalue weighted by molar-refractivity contribution is 6.35. The maximum atomic E-state index is 12.3. The van der Waals surface area contributed by atoms with E-state index in [9.17, 15) is 4.79 Å². The molecule has 0 saturated carbocycles. The molecule has 0 spiro atoms. The predicted octanol–water partition coefficient (Wildman–Crippen LogP) is 3.99. The highest BCUT2D eigenvalue weighted by Gasteiger charge is 2.20. The Morgan fingerprint density at radius 3 is 2.37 bits per heavy atom. The molecule has 1 amide bonds. The number of piperazine rings is 1. The second-order valence-corrected chi connectivity index (χ2v) is 7.83. The number of carbonyl (C=O) groups is 1. The fourth-order valence-electron chi connectivity index (χ4n) is 3.31. The molecule has 2 aromatic rings. The average molecular weight is 406 g/mol. The van der Waals surface area contributed by atoms with E-state index in [1.54, 1.807) is 6.07 Å². The number of halogens is 2. The van der Waals surface area contributed by atoms with Crippen LogP contribution in [0.25, 0.3) is 0 Å². The lowest BCUT2D eigenvalue weighted by atomic mass is 10.1. The Bertz CT molecular complexity index is 761. The van der Waals surface area contributed by atoms with Crippen molar-refractivity contribution < 1.29 is 4.79 Å². The number of hydrogen-bond acceptors (Lipinski definition) is 3. The van der Waals surface area contributed by atoms with Crippen LogP contribution in [-0.4, -0.2) is 48.4 Å². The van der Waals surface area contributed by atoms with Gasteiger partial charge in [0.25, 0.3) is 0 Å². The first kappa shape index (κ1) is 20.2. The molecule has 6 heteroatoms. The molecule has 3 rings (SSSR count). The smallest absolute Gasteiger partial charge is 0.234 e. The molecule has 1 heterocycles. The van der Waals surface area contributed by atoms with Crippen molar-refractivity contribution in [3.8, 4) is 0 Å². The Balaban J connectivity index is 1.43. The molecule has 4 nitrogen and oxygen atoms in total. The van der Waals surface area contributed by atoms with Crippen molar-refractivity contribution in [2.75, 3.05) is 32.7 Å². The Morgan fingerprint density at radius 2 is 1.70 bits per heavy atom. The van der Waals surface area contributed by atoms with Crippen LogP contribution in [0.5, 0.6) is 0 Å². The Morgan fingerprint density at radius 1 is 1.04 bits per heavy atom. The largest absolute Gasteiger partial charge is 0.348 e. The summed E-state index contributed by atoms with van der Waals surface area (Å²) in [6, 6.07) is 15.7. The van der Waals surface area contributed by atoms with Gasteiger partial charge in [0.15, 0.2) is 0 Å². The van der Waals surface area contributed by atoms with Crippen LogP contribution in [0.2, 0.25) is 10.0 Å². The van der Waals surface area contributed by atoms with E-state index < -0.39 is 0 Å². The molecule has 1 fully saturated rings. The molecule has 144 valence electrons. The fraction of sp³-hybridized carbons (Fsp3) is 0.381. The molecule has 1 aliphatic heterocycles. The van der Waals surface area contributed by atoms with Crippen molar-refractivity contribution in [3.05, 3.63) is 69.7 Å². The van der Waals surface area contributed by atoms with Crippen molar-refractivity contribution in [2.24, 2.45) is 0 Å². The summed E-state index contributed by atoms with van der Waals surface area (Å²) in [5.74, 6) is 0.0700. The topological polar surface area (TPSA) is 35.6 Å². The van der Waals surface area contributed by atoms with Crippen LogP contribution in [0.3, 0.4) is 0 Å². The summed E-state index contributed by atoms with van der Waals surface area (Å²) in [5.41, 5.74) is 2.21. The van der Waals surface area contributed by atoms with Gasteiger partial charge in [-0.25, -0.2) is 0 Å². The molecule has 2 aromatic carbocycles. The lowest BCUT2D eigenvalue weighted by molar-refractivity contribution is -0.123. The molecule has 1 N–H and O–H groups in total. The Hall–Kier alpha value is -1.59. The molecule has 0 radical (unpaired) electrons. The molecule has 0 aliphatic carbocycles. The first-order valence-corrected chi connectivity index (χ1v) is 10.00.